The number of nitro benzene ring substituents is 2. The second-order valence-electron chi connectivity index (χ2n) is 13.3. The summed E-state index contributed by atoms with van der Waals surface area (Å²) in [7, 11) is 0. The molecule has 1 saturated heterocycles. The minimum absolute atomic E-state index is 0. The molecule has 4 N–H and O–H groups in total. The van der Waals surface area contributed by atoms with Crippen LogP contribution in [0.1, 0.15) is 54.0 Å². The number of hydrogen-bond donors (Lipinski definition) is 3. The molecule has 15 nitrogen and oxygen atoms in total. The zero-order chi connectivity index (χ0) is 37.2. The molecule has 1 atom stereocenters. The second-order valence-corrected chi connectivity index (χ2v) is 13.3. The topological polar surface area (TPSA) is 216 Å². The molecule has 7 rings (SSSR count). The van der Waals surface area contributed by atoms with E-state index in [1.54, 1.807) is 57.2 Å². The highest BCUT2D eigenvalue weighted by atomic mass is 16.6. The number of rotatable bonds is 7. The van der Waals surface area contributed by atoms with Crippen LogP contribution in [-0.2, 0) is 16.0 Å². The number of fused-ring (bicyclic) bond motifs is 2. The zero-order valence-corrected chi connectivity index (χ0v) is 28.7. The van der Waals surface area contributed by atoms with Gasteiger partial charge in [0.15, 0.2) is 16.8 Å². The standard InChI is InChI=1S/C24H26N4O5.C13H10N4O2.2CH4/c1-24(2,3)33-23(30)27-13-5-8-18(27)20(29)14-15-9-11-16(12-10-15)22-25-17-6-4-7-19(28(31)32)21(17)26-22;14-9-6-4-8(5-7-9)13-15-10-2-1-3-11(17(18)19)12(10)16-13;;/h4,6-7,9-12,18H,5,8,13-14H2,1-3H3,(H,25,26);1-7H,14H2,(H,15,16);2*1H4/t18-;;;/m0.../s1. The molecule has 1 fully saturated rings. The van der Waals surface area contributed by atoms with Gasteiger partial charge in [-0.15, -0.1) is 0 Å². The van der Waals surface area contributed by atoms with Gasteiger partial charge in [0.1, 0.15) is 17.2 Å². The SMILES string of the molecule is C.C.CC(C)(C)OC(=O)N1CCC[C@H]1C(=O)Cc1ccc(-c2nc3c([N+](=O)[O-])cccc3[nH]2)cc1.Nc1ccc(-c2nc3c([N+](=O)[O-])cccc3[nH]2)cc1. The number of para-hydroxylation sites is 2. The number of H-pyrrole nitrogens is 2. The average molecular weight is 737 g/mol. The van der Waals surface area contributed by atoms with Gasteiger partial charge in [0.25, 0.3) is 11.4 Å². The average Bonchev–Trinajstić information content (AvgIpc) is 3.87. The van der Waals surface area contributed by atoms with E-state index in [4.69, 9.17) is 10.5 Å². The van der Waals surface area contributed by atoms with Gasteiger partial charge in [0, 0.05) is 41.9 Å². The van der Waals surface area contributed by atoms with Crippen LogP contribution in [0.4, 0.5) is 21.9 Å². The Morgan fingerprint density at radius 3 is 1.76 bits per heavy atom. The van der Waals surface area contributed by atoms with Crippen LogP contribution in [0.2, 0.25) is 0 Å². The van der Waals surface area contributed by atoms with E-state index >= 15 is 0 Å². The van der Waals surface area contributed by atoms with E-state index in [9.17, 15) is 29.8 Å². The number of benzene rings is 4. The Hall–Kier alpha value is -6.64. The van der Waals surface area contributed by atoms with Crippen LogP contribution in [0, 0.1) is 20.2 Å². The number of ether oxygens (including phenoxy) is 1. The Kier molecular flexibility index (Phi) is 12.2. The van der Waals surface area contributed by atoms with Crippen molar-refractivity contribution in [1.29, 1.82) is 0 Å². The smallest absolute Gasteiger partial charge is 0.410 e. The van der Waals surface area contributed by atoms with Gasteiger partial charge in [-0.3, -0.25) is 29.9 Å². The molecule has 15 heteroatoms. The van der Waals surface area contributed by atoms with E-state index in [0.29, 0.717) is 52.4 Å². The van der Waals surface area contributed by atoms with Crippen molar-refractivity contribution >= 4 is 51.0 Å². The molecule has 0 radical (unpaired) electrons. The van der Waals surface area contributed by atoms with Gasteiger partial charge in [-0.05, 0) is 75.6 Å². The predicted octanol–water partition coefficient (Wildman–Crippen LogP) is 8.64. The summed E-state index contributed by atoms with van der Waals surface area (Å²) in [5.74, 6) is 1.08. The van der Waals surface area contributed by atoms with E-state index in [1.807, 2.05) is 36.4 Å². The lowest BCUT2D eigenvalue weighted by Crippen LogP contribution is -2.43. The molecule has 0 spiro atoms. The molecule has 1 aliphatic rings. The highest BCUT2D eigenvalue weighted by molar-refractivity contribution is 5.90. The number of nitrogens with zero attached hydrogens (tertiary/aromatic N) is 5. The molecule has 0 bridgehead atoms. The Morgan fingerprint density at radius 2 is 1.30 bits per heavy atom. The summed E-state index contributed by atoms with van der Waals surface area (Å²) in [6.45, 7) is 5.93. The number of ketones is 1. The quantitative estimate of drug-likeness (QED) is 0.0805. The first-order valence-corrected chi connectivity index (χ1v) is 16.5. The molecule has 0 aliphatic carbocycles. The van der Waals surface area contributed by atoms with Gasteiger partial charge in [-0.1, -0.05) is 51.3 Å². The molecule has 4 aromatic carbocycles. The van der Waals surface area contributed by atoms with Crippen molar-refractivity contribution in [2.45, 2.75) is 66.5 Å². The maximum absolute atomic E-state index is 12.9. The summed E-state index contributed by atoms with van der Waals surface area (Å²) in [6, 6.07) is 23.6. The fourth-order valence-corrected chi connectivity index (χ4v) is 5.98. The first-order valence-electron chi connectivity index (χ1n) is 16.5. The summed E-state index contributed by atoms with van der Waals surface area (Å²) < 4.78 is 5.45. The van der Waals surface area contributed by atoms with E-state index in [2.05, 4.69) is 19.9 Å². The number of hydrogen-bond acceptors (Lipinski definition) is 10. The van der Waals surface area contributed by atoms with Crippen molar-refractivity contribution in [3.05, 3.63) is 111 Å². The number of nitrogens with two attached hydrogens (primary N) is 1. The van der Waals surface area contributed by atoms with Crippen LogP contribution >= 0.6 is 0 Å². The Labute approximate surface area is 311 Å². The van der Waals surface area contributed by atoms with E-state index in [-0.39, 0.29) is 38.4 Å². The van der Waals surface area contributed by atoms with E-state index in [1.165, 1.54) is 17.0 Å². The van der Waals surface area contributed by atoms with E-state index in [0.717, 1.165) is 23.1 Å². The molecular formula is C39H44N8O7. The van der Waals surface area contributed by atoms with Gasteiger partial charge >= 0.3 is 6.09 Å². The number of aromatic amines is 2. The lowest BCUT2D eigenvalue weighted by Gasteiger charge is -2.28. The molecule has 6 aromatic rings. The maximum atomic E-state index is 12.9. The monoisotopic (exact) mass is 736 g/mol. The number of likely N-dealkylation sites (tertiary alicyclic amines) is 1. The van der Waals surface area contributed by atoms with Crippen LogP contribution in [-0.4, -0.2) is 64.7 Å². The predicted molar refractivity (Wildman–Crippen MR) is 209 cm³/mol. The molecule has 0 unspecified atom stereocenters. The number of Topliss-reactive ketones (excluding diaryl/α,β-unsaturated/α-hetero) is 1. The number of nitrogen functional groups attached to an aromatic ring is 1. The first-order chi connectivity index (χ1) is 24.8. The highest BCUT2D eigenvalue weighted by Crippen LogP contribution is 2.29. The summed E-state index contributed by atoms with van der Waals surface area (Å²) >= 11 is 0. The molecule has 1 amide bonds. The number of non-ortho nitro benzene ring substituents is 2. The Balaban J connectivity index is 0.000000264. The van der Waals surface area contributed by atoms with Gasteiger partial charge in [0.05, 0.1) is 26.9 Å². The largest absolute Gasteiger partial charge is 0.444 e. The lowest BCUT2D eigenvalue weighted by atomic mass is 10.0. The third-order valence-electron chi connectivity index (χ3n) is 8.42. The number of nitrogens with one attached hydrogen (secondary N) is 2. The van der Waals surface area contributed by atoms with Crippen molar-refractivity contribution in [2.24, 2.45) is 0 Å². The van der Waals surface area contributed by atoms with Crippen molar-refractivity contribution in [3.8, 4) is 22.8 Å². The number of nitro groups is 2. The fraction of sp³-hybridized carbons (Fsp3) is 0.282. The molecular weight excluding hydrogens is 692 g/mol. The number of imidazole rings is 2. The normalized spacial score (nSPS) is 13.7. The number of aromatic nitrogens is 4. The first kappa shape index (κ1) is 40.1. The number of amides is 1. The molecule has 282 valence electrons. The molecule has 2 aromatic heterocycles. The van der Waals surface area contributed by atoms with Crippen LogP contribution in [0.5, 0.6) is 0 Å². The maximum Gasteiger partial charge on any atom is 0.410 e. The number of carbonyl (C=O) groups excluding carboxylic acids is 2. The van der Waals surface area contributed by atoms with Gasteiger partial charge in [-0.25, -0.2) is 14.8 Å². The second kappa shape index (κ2) is 16.4. The van der Waals surface area contributed by atoms with Crippen LogP contribution in [0.25, 0.3) is 44.8 Å². The molecule has 54 heavy (non-hydrogen) atoms. The van der Waals surface area contributed by atoms with E-state index < -0.39 is 27.6 Å². The number of anilines is 1. The van der Waals surface area contributed by atoms with Gasteiger partial charge in [-0.2, -0.15) is 0 Å². The summed E-state index contributed by atoms with van der Waals surface area (Å²) in [6.07, 6.45) is 1.16. The summed E-state index contributed by atoms with van der Waals surface area (Å²) in [5, 5.41) is 22.2. The zero-order valence-electron chi connectivity index (χ0n) is 28.7. The van der Waals surface area contributed by atoms with Crippen molar-refractivity contribution < 1.29 is 24.2 Å². The third-order valence-corrected chi connectivity index (χ3v) is 8.42. The Bertz CT molecular complexity index is 2290. The number of carbonyl (C=O) groups is 2. The van der Waals surface area contributed by atoms with Gasteiger partial charge < -0.3 is 20.4 Å². The minimum atomic E-state index is -0.611. The van der Waals surface area contributed by atoms with Crippen LogP contribution in [0.3, 0.4) is 0 Å². The lowest BCUT2D eigenvalue weighted by molar-refractivity contribution is -0.383. The molecule has 1 aliphatic heterocycles. The van der Waals surface area contributed by atoms with Gasteiger partial charge in [0.2, 0.25) is 0 Å². The Morgan fingerprint density at radius 1 is 0.815 bits per heavy atom. The van der Waals surface area contributed by atoms with Crippen molar-refractivity contribution in [1.82, 2.24) is 24.8 Å². The molecule has 3 heterocycles. The minimum Gasteiger partial charge on any atom is -0.444 e. The highest BCUT2D eigenvalue weighted by Gasteiger charge is 2.36. The van der Waals surface area contributed by atoms with Crippen LogP contribution < -0.4 is 5.73 Å². The van der Waals surface area contributed by atoms with Crippen molar-refractivity contribution in [3.63, 3.8) is 0 Å². The summed E-state index contributed by atoms with van der Waals surface area (Å²) in [4.78, 5) is 63.1. The van der Waals surface area contributed by atoms with Crippen LogP contribution in [0.15, 0.2) is 84.9 Å². The molecule has 0 saturated carbocycles. The fourth-order valence-electron chi connectivity index (χ4n) is 5.98. The van der Waals surface area contributed by atoms with Crippen molar-refractivity contribution in [2.75, 3.05) is 12.3 Å². The summed E-state index contributed by atoms with van der Waals surface area (Å²) in [5.41, 5.74) is 9.92. The third kappa shape index (κ3) is 8.86.